The molecule has 0 saturated carbocycles. The Hall–Kier alpha value is -0.910. The molecule has 2 rings (SSSR count). The number of hydrogen-bond acceptors (Lipinski definition) is 3. The van der Waals surface area contributed by atoms with E-state index in [2.05, 4.69) is 26.6 Å². The van der Waals surface area contributed by atoms with Crippen LogP contribution in [0.5, 0.6) is 0 Å². The van der Waals surface area contributed by atoms with E-state index >= 15 is 0 Å². The summed E-state index contributed by atoms with van der Waals surface area (Å²) >= 11 is 3.41. The molecule has 1 aromatic carbocycles. The second-order valence-electron chi connectivity index (χ2n) is 4.36. The lowest BCUT2D eigenvalue weighted by Crippen LogP contribution is -2.55. The van der Waals surface area contributed by atoms with E-state index in [9.17, 15) is 4.79 Å². The van der Waals surface area contributed by atoms with Crippen molar-refractivity contribution in [1.29, 1.82) is 0 Å². The summed E-state index contributed by atoms with van der Waals surface area (Å²) in [5, 5.41) is 6.09. The van der Waals surface area contributed by atoms with Crippen molar-refractivity contribution < 1.29 is 9.53 Å². The molecular formula is C13H17BrN2O2. The number of ether oxygens (including phenoxy) is 1. The van der Waals surface area contributed by atoms with Crippen LogP contribution >= 0.6 is 15.9 Å². The predicted octanol–water partition coefficient (Wildman–Crippen LogP) is 1.44. The van der Waals surface area contributed by atoms with Crippen molar-refractivity contribution in [1.82, 2.24) is 10.6 Å². The molecule has 0 unspecified atom stereocenters. The Balaban J connectivity index is 1.88. The van der Waals surface area contributed by atoms with Gasteiger partial charge in [0.25, 0.3) is 0 Å². The molecule has 1 heterocycles. The first kappa shape index (κ1) is 13.5. The Morgan fingerprint density at radius 1 is 1.61 bits per heavy atom. The van der Waals surface area contributed by atoms with Gasteiger partial charge in [-0.05, 0) is 24.6 Å². The van der Waals surface area contributed by atoms with Gasteiger partial charge in [0.05, 0.1) is 12.7 Å². The Morgan fingerprint density at radius 3 is 3.17 bits per heavy atom. The number of carbonyl (C=O) groups is 1. The zero-order valence-corrected chi connectivity index (χ0v) is 11.9. The summed E-state index contributed by atoms with van der Waals surface area (Å²) in [5.74, 6) is -0.0119. The molecule has 0 aromatic heterocycles. The number of hydrogen-bond donors (Lipinski definition) is 2. The topological polar surface area (TPSA) is 50.4 Å². The summed E-state index contributed by atoms with van der Waals surface area (Å²) < 4.78 is 6.47. The molecule has 98 valence electrons. The van der Waals surface area contributed by atoms with Crippen LogP contribution in [0.15, 0.2) is 28.7 Å². The Kier molecular flexibility index (Phi) is 4.74. The summed E-state index contributed by atoms with van der Waals surface area (Å²) in [6.45, 7) is 3.83. The summed E-state index contributed by atoms with van der Waals surface area (Å²) in [4.78, 5) is 12.0. The van der Waals surface area contributed by atoms with Crippen molar-refractivity contribution >= 4 is 21.8 Å². The van der Waals surface area contributed by atoms with Crippen LogP contribution in [-0.2, 0) is 16.1 Å². The Bertz CT molecular complexity index is 425. The minimum absolute atomic E-state index is 0.0119. The number of carbonyl (C=O) groups excluding carboxylic acids is 1. The van der Waals surface area contributed by atoms with Gasteiger partial charge in [-0.1, -0.05) is 28.1 Å². The maximum Gasteiger partial charge on any atom is 0.240 e. The highest BCUT2D eigenvalue weighted by Crippen LogP contribution is 2.11. The van der Waals surface area contributed by atoms with Gasteiger partial charge in [0.15, 0.2) is 0 Å². The van der Waals surface area contributed by atoms with Crippen LogP contribution < -0.4 is 10.6 Å². The van der Waals surface area contributed by atoms with Crippen molar-refractivity contribution in [3.8, 4) is 0 Å². The van der Waals surface area contributed by atoms with Gasteiger partial charge in [-0.2, -0.15) is 0 Å². The largest absolute Gasteiger partial charge is 0.375 e. The molecule has 0 aliphatic carbocycles. The first-order chi connectivity index (χ1) is 8.66. The molecular weight excluding hydrogens is 296 g/mol. The molecule has 5 heteroatoms. The zero-order valence-electron chi connectivity index (χ0n) is 10.3. The van der Waals surface area contributed by atoms with Crippen LogP contribution in [0.3, 0.4) is 0 Å². The van der Waals surface area contributed by atoms with Gasteiger partial charge in [0, 0.05) is 17.6 Å². The summed E-state index contributed by atoms with van der Waals surface area (Å²) in [5.41, 5.74) is 1.07. The van der Waals surface area contributed by atoms with Crippen molar-refractivity contribution in [2.45, 2.75) is 25.6 Å². The van der Waals surface area contributed by atoms with Gasteiger partial charge < -0.3 is 15.4 Å². The molecule has 0 radical (unpaired) electrons. The number of morpholine rings is 1. The number of halogens is 1. The van der Waals surface area contributed by atoms with Crippen molar-refractivity contribution in [2.24, 2.45) is 0 Å². The SMILES string of the molecule is C[C@H]1OCCN[C@@H]1C(=O)NCc1cccc(Br)c1. The fourth-order valence-corrected chi connectivity index (χ4v) is 2.42. The molecule has 4 nitrogen and oxygen atoms in total. The van der Waals surface area contributed by atoms with E-state index in [1.54, 1.807) is 0 Å². The first-order valence-corrected chi connectivity index (χ1v) is 6.83. The number of nitrogens with one attached hydrogen (secondary N) is 2. The van der Waals surface area contributed by atoms with Crippen molar-refractivity contribution in [2.75, 3.05) is 13.2 Å². The van der Waals surface area contributed by atoms with Gasteiger partial charge in [0.2, 0.25) is 5.91 Å². The van der Waals surface area contributed by atoms with Crippen LogP contribution in [0.4, 0.5) is 0 Å². The molecule has 1 aromatic rings. The molecule has 1 aliphatic heterocycles. The standard InChI is InChI=1S/C13H17BrN2O2/c1-9-12(15-5-6-18-9)13(17)16-8-10-3-2-4-11(14)7-10/h2-4,7,9,12,15H,5-6,8H2,1H3,(H,16,17)/t9-,12+/m1/s1. The summed E-state index contributed by atoms with van der Waals surface area (Å²) in [7, 11) is 0. The van der Waals surface area contributed by atoms with Gasteiger partial charge >= 0.3 is 0 Å². The smallest absolute Gasteiger partial charge is 0.240 e. The van der Waals surface area contributed by atoms with Crippen LogP contribution in [0, 0.1) is 0 Å². The maximum atomic E-state index is 12.0. The van der Waals surface area contributed by atoms with E-state index in [4.69, 9.17) is 4.74 Å². The summed E-state index contributed by atoms with van der Waals surface area (Å²) in [6, 6.07) is 7.64. The van der Waals surface area contributed by atoms with Crippen LogP contribution in [0.25, 0.3) is 0 Å². The maximum absolute atomic E-state index is 12.0. The number of rotatable bonds is 3. The minimum Gasteiger partial charge on any atom is -0.375 e. The van der Waals surface area contributed by atoms with Crippen molar-refractivity contribution in [3.05, 3.63) is 34.3 Å². The van der Waals surface area contributed by atoms with E-state index < -0.39 is 0 Å². The van der Waals surface area contributed by atoms with E-state index in [-0.39, 0.29) is 18.1 Å². The molecule has 1 aliphatic rings. The predicted molar refractivity (Wildman–Crippen MR) is 73.2 cm³/mol. The highest BCUT2D eigenvalue weighted by molar-refractivity contribution is 9.10. The van der Waals surface area contributed by atoms with E-state index in [1.165, 1.54) is 0 Å². The minimum atomic E-state index is -0.258. The van der Waals surface area contributed by atoms with Gasteiger partial charge in [-0.3, -0.25) is 4.79 Å². The van der Waals surface area contributed by atoms with Gasteiger partial charge in [-0.15, -0.1) is 0 Å². The van der Waals surface area contributed by atoms with E-state index in [1.807, 2.05) is 31.2 Å². The highest BCUT2D eigenvalue weighted by atomic mass is 79.9. The molecule has 2 N–H and O–H groups in total. The third kappa shape index (κ3) is 3.54. The third-order valence-corrected chi connectivity index (χ3v) is 3.45. The fraction of sp³-hybridized carbons (Fsp3) is 0.462. The third-order valence-electron chi connectivity index (χ3n) is 2.95. The van der Waals surface area contributed by atoms with Gasteiger partial charge in [-0.25, -0.2) is 0 Å². The molecule has 2 atom stereocenters. The number of benzene rings is 1. The van der Waals surface area contributed by atoms with Crippen molar-refractivity contribution in [3.63, 3.8) is 0 Å². The second kappa shape index (κ2) is 6.31. The van der Waals surface area contributed by atoms with Crippen LogP contribution in [-0.4, -0.2) is 31.2 Å². The van der Waals surface area contributed by atoms with Crippen LogP contribution in [0.2, 0.25) is 0 Å². The molecule has 18 heavy (non-hydrogen) atoms. The fourth-order valence-electron chi connectivity index (χ4n) is 1.97. The molecule has 1 amide bonds. The Morgan fingerprint density at radius 2 is 2.44 bits per heavy atom. The van der Waals surface area contributed by atoms with E-state index in [0.717, 1.165) is 16.6 Å². The molecule has 1 saturated heterocycles. The first-order valence-electron chi connectivity index (χ1n) is 6.04. The zero-order chi connectivity index (χ0) is 13.0. The molecule has 0 bridgehead atoms. The monoisotopic (exact) mass is 312 g/mol. The Labute approximate surface area is 115 Å². The average molecular weight is 313 g/mol. The average Bonchev–Trinajstić information content (AvgIpc) is 2.37. The highest BCUT2D eigenvalue weighted by Gasteiger charge is 2.27. The second-order valence-corrected chi connectivity index (χ2v) is 5.27. The van der Waals surface area contributed by atoms with Gasteiger partial charge in [0.1, 0.15) is 6.04 Å². The van der Waals surface area contributed by atoms with E-state index in [0.29, 0.717) is 13.2 Å². The molecule has 1 fully saturated rings. The quantitative estimate of drug-likeness (QED) is 0.888. The lowest BCUT2D eigenvalue weighted by atomic mass is 10.1. The number of amides is 1. The lowest BCUT2D eigenvalue weighted by Gasteiger charge is -2.29. The van der Waals surface area contributed by atoms with Crippen LogP contribution in [0.1, 0.15) is 12.5 Å². The summed E-state index contributed by atoms with van der Waals surface area (Å²) in [6.07, 6.45) is -0.0822. The lowest BCUT2D eigenvalue weighted by molar-refractivity contribution is -0.129. The normalized spacial score (nSPS) is 23.7. The molecule has 0 spiro atoms.